The van der Waals surface area contributed by atoms with Crippen molar-refractivity contribution in [2.75, 3.05) is 43.4 Å². The first-order chi connectivity index (χ1) is 19.8. The summed E-state index contributed by atoms with van der Waals surface area (Å²) in [6.07, 6.45) is 5.10. The Hall–Kier alpha value is -4.17. The normalized spacial score (nSPS) is 15.2. The number of nitrogens with one attached hydrogen (secondary N) is 3. The Morgan fingerprint density at radius 3 is 2.34 bits per heavy atom. The molecule has 1 aliphatic heterocycles. The van der Waals surface area contributed by atoms with Crippen LogP contribution in [0.15, 0.2) is 53.8 Å². The van der Waals surface area contributed by atoms with Crippen LogP contribution in [0.1, 0.15) is 51.1 Å². The van der Waals surface area contributed by atoms with Gasteiger partial charge in [0.25, 0.3) is 11.5 Å². The fourth-order valence-electron chi connectivity index (χ4n) is 6.01. The Kier molecular flexibility index (Phi) is 8.40. The van der Waals surface area contributed by atoms with E-state index in [0.717, 1.165) is 85.5 Å². The number of aromatic nitrogens is 1. The van der Waals surface area contributed by atoms with Crippen molar-refractivity contribution in [3.05, 3.63) is 92.9 Å². The maximum atomic E-state index is 13.7. The van der Waals surface area contributed by atoms with Gasteiger partial charge in [0, 0.05) is 55.2 Å². The first-order valence-corrected chi connectivity index (χ1v) is 14.4. The summed E-state index contributed by atoms with van der Waals surface area (Å²) >= 11 is 0. The SMILES string of the molecule is C=CC(=O)Nc1c(-c2ccc(N3CCN(C)CC3)cc2)ccc(C)c1C(=O)NCc1c2c(c(C)[nH]c1=O)CCCC2. The highest BCUT2D eigenvalue weighted by Crippen LogP contribution is 2.35. The topological polar surface area (TPSA) is 97.5 Å². The van der Waals surface area contributed by atoms with Crippen LogP contribution < -0.4 is 21.1 Å². The molecule has 8 heteroatoms. The molecule has 1 saturated heterocycles. The van der Waals surface area contributed by atoms with Gasteiger partial charge in [0.05, 0.1) is 11.3 Å². The Bertz CT molecular complexity index is 1530. The molecule has 0 atom stereocenters. The van der Waals surface area contributed by atoms with Crippen molar-refractivity contribution in [3.63, 3.8) is 0 Å². The lowest BCUT2D eigenvalue weighted by Gasteiger charge is -2.34. The number of rotatable bonds is 7. The van der Waals surface area contributed by atoms with Crippen molar-refractivity contribution in [2.24, 2.45) is 0 Å². The highest BCUT2D eigenvalue weighted by atomic mass is 16.2. The first-order valence-electron chi connectivity index (χ1n) is 14.4. The summed E-state index contributed by atoms with van der Waals surface area (Å²) in [7, 11) is 2.14. The molecule has 41 heavy (non-hydrogen) atoms. The lowest BCUT2D eigenvalue weighted by atomic mass is 9.88. The number of pyridine rings is 1. The zero-order valence-electron chi connectivity index (χ0n) is 24.2. The van der Waals surface area contributed by atoms with E-state index in [1.807, 2.05) is 38.1 Å². The van der Waals surface area contributed by atoms with Gasteiger partial charge in [-0.25, -0.2) is 0 Å². The molecule has 8 nitrogen and oxygen atoms in total. The lowest BCUT2D eigenvalue weighted by molar-refractivity contribution is -0.111. The molecule has 1 aliphatic carbocycles. The number of hydrogen-bond acceptors (Lipinski definition) is 5. The van der Waals surface area contributed by atoms with Gasteiger partial charge in [-0.15, -0.1) is 0 Å². The molecule has 2 aliphatic rings. The van der Waals surface area contributed by atoms with Crippen LogP contribution in [0.4, 0.5) is 11.4 Å². The van der Waals surface area contributed by atoms with Crippen LogP contribution in [-0.2, 0) is 24.2 Å². The van der Waals surface area contributed by atoms with Gasteiger partial charge in [0.1, 0.15) is 0 Å². The van der Waals surface area contributed by atoms with Crippen LogP contribution in [0.25, 0.3) is 11.1 Å². The molecule has 214 valence electrons. The predicted octanol–water partition coefficient (Wildman–Crippen LogP) is 4.34. The van der Waals surface area contributed by atoms with Gasteiger partial charge in [0.15, 0.2) is 0 Å². The van der Waals surface area contributed by atoms with E-state index in [-0.39, 0.29) is 18.0 Å². The number of aromatic amines is 1. The zero-order chi connectivity index (χ0) is 29.1. The van der Waals surface area contributed by atoms with Crippen molar-refractivity contribution < 1.29 is 9.59 Å². The fourth-order valence-corrected chi connectivity index (χ4v) is 6.01. The summed E-state index contributed by atoms with van der Waals surface area (Å²) < 4.78 is 0. The third kappa shape index (κ3) is 5.98. The van der Waals surface area contributed by atoms with E-state index in [1.54, 1.807) is 0 Å². The zero-order valence-corrected chi connectivity index (χ0v) is 24.2. The number of carbonyl (C=O) groups excluding carboxylic acids is 2. The molecule has 0 radical (unpaired) electrons. The lowest BCUT2D eigenvalue weighted by Crippen LogP contribution is -2.44. The van der Waals surface area contributed by atoms with Gasteiger partial charge in [0.2, 0.25) is 5.91 Å². The first kappa shape index (κ1) is 28.4. The third-order valence-electron chi connectivity index (χ3n) is 8.41. The summed E-state index contributed by atoms with van der Waals surface area (Å²) in [5.74, 6) is -0.744. The van der Waals surface area contributed by atoms with Crippen LogP contribution in [0, 0.1) is 13.8 Å². The second-order valence-corrected chi connectivity index (χ2v) is 11.1. The van der Waals surface area contributed by atoms with Crippen LogP contribution in [0.3, 0.4) is 0 Å². The number of hydrogen-bond donors (Lipinski definition) is 3. The van der Waals surface area contributed by atoms with Crippen LogP contribution >= 0.6 is 0 Å². The molecule has 0 unspecified atom stereocenters. The number of benzene rings is 2. The largest absolute Gasteiger partial charge is 0.369 e. The molecule has 5 rings (SSSR count). The van der Waals surface area contributed by atoms with E-state index in [2.05, 4.69) is 51.2 Å². The van der Waals surface area contributed by atoms with Gasteiger partial charge in [-0.2, -0.15) is 0 Å². The summed E-state index contributed by atoms with van der Waals surface area (Å²) in [5, 5.41) is 5.88. The molecular formula is C33H39N5O3. The van der Waals surface area contributed by atoms with Crippen molar-refractivity contribution in [3.8, 4) is 11.1 Å². The molecule has 0 bridgehead atoms. The van der Waals surface area contributed by atoms with Crippen LogP contribution in [-0.4, -0.2) is 54.9 Å². The predicted molar refractivity (Wildman–Crippen MR) is 165 cm³/mol. The summed E-state index contributed by atoms with van der Waals surface area (Å²) in [6, 6.07) is 12.1. The number of piperazine rings is 1. The molecule has 2 heterocycles. The second-order valence-electron chi connectivity index (χ2n) is 11.1. The van der Waals surface area contributed by atoms with Gasteiger partial charge in [-0.3, -0.25) is 14.4 Å². The third-order valence-corrected chi connectivity index (χ3v) is 8.41. The van der Waals surface area contributed by atoms with E-state index in [4.69, 9.17) is 0 Å². The second kappa shape index (κ2) is 12.1. The maximum absolute atomic E-state index is 13.7. The van der Waals surface area contributed by atoms with Gasteiger partial charge in [-0.1, -0.05) is 30.8 Å². The molecule has 1 fully saturated rings. The molecule has 1 aromatic heterocycles. The number of fused-ring (bicyclic) bond motifs is 1. The number of aryl methyl sites for hydroxylation is 2. The van der Waals surface area contributed by atoms with Gasteiger partial charge >= 0.3 is 0 Å². The number of amides is 2. The van der Waals surface area contributed by atoms with Crippen molar-refractivity contribution in [2.45, 2.75) is 46.1 Å². The smallest absolute Gasteiger partial charge is 0.253 e. The molecule has 3 N–H and O–H groups in total. The molecule has 2 aromatic carbocycles. The van der Waals surface area contributed by atoms with Crippen molar-refractivity contribution >= 4 is 23.2 Å². The minimum Gasteiger partial charge on any atom is -0.369 e. The number of carbonyl (C=O) groups is 2. The fraction of sp³-hybridized carbons (Fsp3) is 0.364. The number of nitrogens with zero attached hydrogens (tertiary/aromatic N) is 2. The Labute approximate surface area is 241 Å². The average Bonchev–Trinajstić information content (AvgIpc) is 2.97. The van der Waals surface area contributed by atoms with E-state index in [0.29, 0.717) is 16.8 Å². The molecular weight excluding hydrogens is 514 g/mol. The van der Waals surface area contributed by atoms with E-state index >= 15 is 0 Å². The van der Waals surface area contributed by atoms with E-state index in [1.165, 1.54) is 11.6 Å². The minimum atomic E-state index is -0.399. The molecule has 2 amide bonds. The molecule has 0 spiro atoms. The number of H-pyrrole nitrogens is 1. The highest BCUT2D eigenvalue weighted by Gasteiger charge is 2.23. The number of anilines is 2. The monoisotopic (exact) mass is 553 g/mol. The standard InChI is InChI=1S/C33H39N5O3/c1-5-29(39)36-31-26(23-11-13-24(14-12-23)38-18-16-37(4)17-19-38)15-10-21(2)30(31)33(41)34-20-28-27-9-7-6-8-25(27)22(3)35-32(28)40/h5,10-15H,1,6-9,16-20H2,2-4H3,(H,34,41)(H,35,40)(H,36,39). The summed E-state index contributed by atoms with van der Waals surface area (Å²) in [6.45, 7) is 11.5. The molecule has 0 saturated carbocycles. The Morgan fingerprint density at radius 1 is 0.976 bits per heavy atom. The average molecular weight is 554 g/mol. The Morgan fingerprint density at radius 2 is 1.66 bits per heavy atom. The Balaban J connectivity index is 1.46. The van der Waals surface area contributed by atoms with Crippen molar-refractivity contribution in [1.82, 2.24) is 15.2 Å². The van der Waals surface area contributed by atoms with Crippen LogP contribution in [0.2, 0.25) is 0 Å². The molecule has 3 aromatic rings. The van der Waals surface area contributed by atoms with Gasteiger partial charge in [-0.05, 0) is 87.0 Å². The summed E-state index contributed by atoms with van der Waals surface area (Å²) in [4.78, 5) is 46.8. The van der Waals surface area contributed by atoms with Gasteiger partial charge < -0.3 is 25.4 Å². The highest BCUT2D eigenvalue weighted by molar-refractivity contribution is 6.10. The van der Waals surface area contributed by atoms with Crippen LogP contribution in [0.5, 0.6) is 0 Å². The summed E-state index contributed by atoms with van der Waals surface area (Å²) in [5.41, 5.74) is 7.93. The van der Waals surface area contributed by atoms with Crippen molar-refractivity contribution in [1.29, 1.82) is 0 Å². The minimum absolute atomic E-state index is 0.120. The van der Waals surface area contributed by atoms with E-state index in [9.17, 15) is 14.4 Å². The quantitative estimate of drug-likeness (QED) is 0.378. The van der Waals surface area contributed by atoms with E-state index < -0.39 is 5.91 Å². The maximum Gasteiger partial charge on any atom is 0.253 e. The number of likely N-dealkylation sites (N-methyl/N-ethyl adjacent to an activating group) is 1.